The van der Waals surface area contributed by atoms with E-state index in [1.807, 2.05) is 0 Å². The third kappa shape index (κ3) is 4.29. The van der Waals surface area contributed by atoms with Crippen LogP contribution in [-0.2, 0) is 10.0 Å². The summed E-state index contributed by atoms with van der Waals surface area (Å²) < 4.78 is 54.7. The lowest BCUT2D eigenvalue weighted by atomic mass is 10.3. The van der Waals surface area contributed by atoms with Gasteiger partial charge in [-0.15, -0.1) is 11.6 Å². The largest absolute Gasteiger partial charge is 0.497 e. The van der Waals surface area contributed by atoms with E-state index in [9.17, 15) is 17.2 Å². The highest BCUT2D eigenvalue weighted by molar-refractivity contribution is 7.89. The molecule has 0 aliphatic rings. The SMILES string of the molecule is COc1ccc(S(=O)(=O)N(CCCl)CC(F)F)cc1. The lowest BCUT2D eigenvalue weighted by molar-refractivity contribution is 0.121. The number of benzene rings is 1. The molecule has 108 valence electrons. The average Bonchev–Trinajstić information content (AvgIpc) is 2.38. The fourth-order valence-corrected chi connectivity index (χ4v) is 3.18. The van der Waals surface area contributed by atoms with E-state index in [1.165, 1.54) is 31.4 Å². The zero-order chi connectivity index (χ0) is 14.5. The Morgan fingerprint density at radius 1 is 1.32 bits per heavy atom. The van der Waals surface area contributed by atoms with Crippen LogP contribution in [0.3, 0.4) is 0 Å². The van der Waals surface area contributed by atoms with Crippen molar-refractivity contribution in [1.29, 1.82) is 0 Å². The number of methoxy groups -OCH3 is 1. The van der Waals surface area contributed by atoms with Crippen LogP contribution in [0.15, 0.2) is 29.2 Å². The third-order valence-electron chi connectivity index (χ3n) is 2.37. The quantitative estimate of drug-likeness (QED) is 0.725. The minimum Gasteiger partial charge on any atom is -0.497 e. The van der Waals surface area contributed by atoms with E-state index >= 15 is 0 Å². The van der Waals surface area contributed by atoms with Crippen LogP contribution in [0.25, 0.3) is 0 Å². The summed E-state index contributed by atoms with van der Waals surface area (Å²) in [5.74, 6) is 0.430. The molecule has 0 radical (unpaired) electrons. The van der Waals surface area contributed by atoms with Gasteiger partial charge in [0.25, 0.3) is 6.43 Å². The zero-order valence-electron chi connectivity index (χ0n) is 10.2. The number of ether oxygens (including phenoxy) is 1. The van der Waals surface area contributed by atoms with Crippen LogP contribution in [-0.4, -0.2) is 45.2 Å². The number of rotatable bonds is 7. The average molecular weight is 314 g/mol. The normalized spacial score (nSPS) is 12.1. The van der Waals surface area contributed by atoms with Gasteiger partial charge in [0.05, 0.1) is 18.6 Å². The second kappa shape index (κ2) is 7.02. The fourth-order valence-electron chi connectivity index (χ4n) is 1.45. The highest BCUT2D eigenvalue weighted by atomic mass is 35.5. The van der Waals surface area contributed by atoms with Crippen LogP contribution >= 0.6 is 11.6 Å². The molecule has 1 aromatic rings. The molecule has 0 N–H and O–H groups in total. The molecule has 0 fully saturated rings. The van der Waals surface area contributed by atoms with E-state index in [2.05, 4.69) is 0 Å². The van der Waals surface area contributed by atoms with Crippen LogP contribution in [0.5, 0.6) is 5.75 Å². The van der Waals surface area contributed by atoms with E-state index < -0.39 is 23.0 Å². The van der Waals surface area contributed by atoms with Crippen LogP contribution < -0.4 is 4.74 Å². The van der Waals surface area contributed by atoms with Crippen molar-refractivity contribution >= 4 is 21.6 Å². The van der Waals surface area contributed by atoms with E-state index in [0.717, 1.165) is 0 Å². The topological polar surface area (TPSA) is 46.6 Å². The van der Waals surface area contributed by atoms with Crippen LogP contribution in [0, 0.1) is 0 Å². The first-order chi connectivity index (χ1) is 8.91. The molecule has 0 saturated heterocycles. The van der Waals surface area contributed by atoms with Crippen LogP contribution in [0.2, 0.25) is 0 Å². The number of sulfonamides is 1. The molecule has 0 aliphatic heterocycles. The zero-order valence-corrected chi connectivity index (χ0v) is 11.8. The fraction of sp³-hybridized carbons (Fsp3) is 0.455. The Balaban J connectivity index is 3.03. The number of alkyl halides is 3. The van der Waals surface area contributed by atoms with Gasteiger partial charge < -0.3 is 4.74 Å². The van der Waals surface area contributed by atoms with Crippen molar-refractivity contribution in [2.45, 2.75) is 11.3 Å². The number of hydrogen-bond donors (Lipinski definition) is 0. The van der Waals surface area contributed by atoms with Crippen molar-refractivity contribution in [3.8, 4) is 5.75 Å². The molecule has 4 nitrogen and oxygen atoms in total. The molecule has 0 unspecified atom stereocenters. The highest BCUT2D eigenvalue weighted by Gasteiger charge is 2.26. The highest BCUT2D eigenvalue weighted by Crippen LogP contribution is 2.20. The van der Waals surface area contributed by atoms with Gasteiger partial charge in [-0.05, 0) is 24.3 Å². The molecule has 1 rings (SSSR count). The number of hydrogen-bond acceptors (Lipinski definition) is 3. The summed E-state index contributed by atoms with van der Waals surface area (Å²) in [6, 6.07) is 5.52. The Morgan fingerprint density at radius 3 is 2.32 bits per heavy atom. The summed E-state index contributed by atoms with van der Waals surface area (Å²) >= 11 is 5.45. The molecule has 0 aliphatic carbocycles. The molecule has 8 heteroatoms. The second-order valence-electron chi connectivity index (χ2n) is 3.62. The van der Waals surface area contributed by atoms with Gasteiger partial charge in [-0.1, -0.05) is 0 Å². The molecule has 0 amide bonds. The smallest absolute Gasteiger partial charge is 0.252 e. The molecular weight excluding hydrogens is 300 g/mol. The van der Waals surface area contributed by atoms with Gasteiger partial charge in [-0.25, -0.2) is 17.2 Å². The van der Waals surface area contributed by atoms with Crippen LogP contribution in [0.4, 0.5) is 8.78 Å². The molecule has 1 aromatic carbocycles. The summed E-state index contributed by atoms with van der Waals surface area (Å²) in [6.07, 6.45) is -2.75. The standard InChI is InChI=1S/C11H14ClF2NO3S/c1-18-9-2-4-10(5-3-9)19(16,17)15(7-6-12)8-11(13)14/h2-5,11H,6-8H2,1H3. The van der Waals surface area contributed by atoms with E-state index in [0.29, 0.717) is 10.1 Å². The first-order valence-electron chi connectivity index (χ1n) is 5.40. The lowest BCUT2D eigenvalue weighted by Gasteiger charge is -2.20. The van der Waals surface area contributed by atoms with E-state index in [1.54, 1.807) is 0 Å². The second-order valence-corrected chi connectivity index (χ2v) is 5.93. The molecule has 0 spiro atoms. The Morgan fingerprint density at radius 2 is 1.89 bits per heavy atom. The van der Waals surface area contributed by atoms with E-state index in [-0.39, 0.29) is 17.3 Å². The van der Waals surface area contributed by atoms with Crippen molar-refractivity contribution < 1.29 is 21.9 Å². The van der Waals surface area contributed by atoms with Crippen molar-refractivity contribution in [2.75, 3.05) is 26.1 Å². The van der Waals surface area contributed by atoms with Crippen LogP contribution in [0.1, 0.15) is 0 Å². The summed E-state index contributed by atoms with van der Waals surface area (Å²) in [6.45, 7) is -1.04. The van der Waals surface area contributed by atoms with Gasteiger partial charge >= 0.3 is 0 Å². The van der Waals surface area contributed by atoms with Gasteiger partial charge in [-0.3, -0.25) is 0 Å². The van der Waals surface area contributed by atoms with Crippen molar-refractivity contribution in [2.24, 2.45) is 0 Å². The van der Waals surface area contributed by atoms with Gasteiger partial charge in [0.15, 0.2) is 0 Å². The van der Waals surface area contributed by atoms with Gasteiger partial charge in [0.1, 0.15) is 5.75 Å². The summed E-state index contributed by atoms with van der Waals surface area (Å²) in [4.78, 5) is -0.0703. The first kappa shape index (κ1) is 16.1. The Hall–Kier alpha value is -0.920. The molecule has 0 bridgehead atoms. The molecular formula is C11H14ClF2NO3S. The maximum Gasteiger partial charge on any atom is 0.252 e. The predicted molar refractivity (Wildman–Crippen MR) is 68.5 cm³/mol. The van der Waals surface area contributed by atoms with Crippen molar-refractivity contribution in [3.63, 3.8) is 0 Å². The number of nitrogens with zero attached hydrogens (tertiary/aromatic N) is 1. The van der Waals surface area contributed by atoms with Gasteiger partial charge in [0, 0.05) is 12.4 Å². The summed E-state index contributed by atoms with van der Waals surface area (Å²) in [7, 11) is -2.53. The summed E-state index contributed by atoms with van der Waals surface area (Å²) in [5, 5.41) is 0. The predicted octanol–water partition coefficient (Wildman–Crippen LogP) is 2.19. The first-order valence-corrected chi connectivity index (χ1v) is 7.37. The third-order valence-corrected chi connectivity index (χ3v) is 4.42. The minimum atomic E-state index is -3.97. The maximum atomic E-state index is 12.4. The Labute approximate surface area is 116 Å². The Bertz CT molecular complexity index is 493. The minimum absolute atomic E-state index is 0.0535. The van der Waals surface area contributed by atoms with Crippen molar-refractivity contribution in [3.05, 3.63) is 24.3 Å². The van der Waals surface area contributed by atoms with Crippen molar-refractivity contribution in [1.82, 2.24) is 4.31 Å². The molecule has 0 atom stereocenters. The van der Waals surface area contributed by atoms with E-state index in [4.69, 9.17) is 16.3 Å². The Kier molecular flexibility index (Phi) is 5.96. The molecule has 0 heterocycles. The summed E-state index contributed by atoms with van der Waals surface area (Å²) in [5.41, 5.74) is 0. The molecule has 19 heavy (non-hydrogen) atoms. The maximum absolute atomic E-state index is 12.4. The number of halogens is 3. The molecule has 0 saturated carbocycles. The lowest BCUT2D eigenvalue weighted by Crippen LogP contribution is -2.36. The monoisotopic (exact) mass is 313 g/mol. The van der Waals surface area contributed by atoms with Gasteiger partial charge in [0.2, 0.25) is 10.0 Å². The molecule has 0 aromatic heterocycles. The van der Waals surface area contributed by atoms with Gasteiger partial charge in [-0.2, -0.15) is 4.31 Å².